The van der Waals surface area contributed by atoms with Crippen LogP contribution in [0.15, 0.2) is 103 Å². The highest BCUT2D eigenvalue weighted by molar-refractivity contribution is 5.85. The van der Waals surface area contributed by atoms with Gasteiger partial charge in [-0.2, -0.15) is 18.7 Å². The molecule has 210 valence electrons. The van der Waals surface area contributed by atoms with Crippen molar-refractivity contribution >= 4 is 0 Å². The van der Waals surface area contributed by atoms with Crippen molar-refractivity contribution in [2.24, 2.45) is 0 Å². The van der Waals surface area contributed by atoms with Gasteiger partial charge < -0.3 is 9.47 Å². The number of ether oxygens (including phenoxy) is 2. The predicted octanol–water partition coefficient (Wildman–Crippen LogP) is 7.47. The van der Waals surface area contributed by atoms with Crippen molar-refractivity contribution in [3.05, 3.63) is 114 Å². The van der Waals surface area contributed by atoms with E-state index in [1.165, 1.54) is 26.4 Å². The van der Waals surface area contributed by atoms with Crippen molar-refractivity contribution in [3.63, 3.8) is 0 Å². The highest BCUT2D eigenvalue weighted by Gasteiger charge is 2.44. The number of rotatable bonds is 6. The van der Waals surface area contributed by atoms with Crippen LogP contribution in [0.4, 0.5) is 8.78 Å². The minimum Gasteiger partial charge on any atom is -0.481 e. The SMILES string of the molecule is COc1cc(OC)nc(-c2ccc3c(c2)-c2cc(-c4nc(-c5ccccc5)nc(-c5ccccc5)n4)ccc2C3(F)F)n1. The van der Waals surface area contributed by atoms with Gasteiger partial charge in [0, 0.05) is 33.4 Å². The molecule has 0 unspecified atom stereocenters. The van der Waals surface area contributed by atoms with Gasteiger partial charge in [-0.1, -0.05) is 84.9 Å². The maximum Gasteiger partial charge on any atom is 0.299 e. The van der Waals surface area contributed by atoms with E-state index in [-0.39, 0.29) is 11.1 Å². The molecule has 2 aromatic heterocycles. The molecule has 0 bridgehead atoms. The summed E-state index contributed by atoms with van der Waals surface area (Å²) in [6, 6.07) is 30.2. The monoisotopic (exact) mass is 571 g/mol. The third-order valence-corrected chi connectivity index (χ3v) is 7.32. The number of nitrogens with zero attached hydrogens (tertiary/aromatic N) is 5. The first-order chi connectivity index (χ1) is 20.9. The molecule has 1 aliphatic rings. The van der Waals surface area contributed by atoms with Gasteiger partial charge in [-0.15, -0.1) is 0 Å². The molecule has 0 fully saturated rings. The number of aromatic nitrogens is 5. The van der Waals surface area contributed by atoms with E-state index in [4.69, 9.17) is 24.4 Å². The smallest absolute Gasteiger partial charge is 0.299 e. The molecule has 0 atom stereocenters. The lowest BCUT2D eigenvalue weighted by Gasteiger charge is -2.13. The van der Waals surface area contributed by atoms with E-state index in [1.807, 2.05) is 60.7 Å². The summed E-state index contributed by atoms with van der Waals surface area (Å²) < 4.78 is 41.9. The van der Waals surface area contributed by atoms with E-state index in [0.29, 0.717) is 57.3 Å². The molecule has 43 heavy (non-hydrogen) atoms. The van der Waals surface area contributed by atoms with Crippen LogP contribution in [0.3, 0.4) is 0 Å². The third-order valence-electron chi connectivity index (χ3n) is 7.32. The molecule has 0 N–H and O–H groups in total. The first-order valence-electron chi connectivity index (χ1n) is 13.5. The summed E-state index contributed by atoms with van der Waals surface area (Å²) in [6.45, 7) is 0. The molecular weight excluding hydrogens is 548 g/mol. The first kappa shape index (κ1) is 26.3. The second-order valence-electron chi connectivity index (χ2n) is 9.91. The van der Waals surface area contributed by atoms with Crippen LogP contribution >= 0.6 is 0 Å². The molecule has 4 aromatic carbocycles. The van der Waals surface area contributed by atoms with E-state index < -0.39 is 5.92 Å². The van der Waals surface area contributed by atoms with Crippen molar-refractivity contribution in [1.29, 1.82) is 0 Å². The summed E-state index contributed by atoms with van der Waals surface area (Å²) in [7, 11) is 2.97. The fourth-order valence-corrected chi connectivity index (χ4v) is 5.18. The lowest BCUT2D eigenvalue weighted by Crippen LogP contribution is -2.10. The molecule has 7 nitrogen and oxygen atoms in total. The van der Waals surface area contributed by atoms with Crippen LogP contribution in [0.25, 0.3) is 56.7 Å². The lowest BCUT2D eigenvalue weighted by molar-refractivity contribution is 0.0480. The van der Waals surface area contributed by atoms with Gasteiger partial charge in [-0.3, -0.25) is 0 Å². The van der Waals surface area contributed by atoms with E-state index in [0.717, 1.165) is 11.1 Å². The zero-order valence-electron chi connectivity index (χ0n) is 23.1. The predicted molar refractivity (Wildman–Crippen MR) is 159 cm³/mol. The zero-order valence-corrected chi connectivity index (χ0v) is 23.1. The molecule has 1 aliphatic carbocycles. The van der Waals surface area contributed by atoms with E-state index in [9.17, 15) is 0 Å². The highest BCUT2D eigenvalue weighted by Crippen LogP contribution is 2.52. The Hall–Kier alpha value is -5.57. The van der Waals surface area contributed by atoms with Gasteiger partial charge in [0.05, 0.1) is 20.3 Å². The summed E-state index contributed by atoms with van der Waals surface area (Å²) in [5.74, 6) is -0.932. The number of halogens is 2. The van der Waals surface area contributed by atoms with Crippen LogP contribution in [0.5, 0.6) is 11.8 Å². The second-order valence-corrected chi connectivity index (χ2v) is 9.91. The molecule has 9 heteroatoms. The summed E-state index contributed by atoms with van der Waals surface area (Å²) in [6.07, 6.45) is 0. The summed E-state index contributed by atoms with van der Waals surface area (Å²) in [4.78, 5) is 23.1. The normalized spacial score (nSPS) is 12.8. The van der Waals surface area contributed by atoms with Gasteiger partial charge in [0.1, 0.15) is 0 Å². The van der Waals surface area contributed by atoms with Crippen LogP contribution in [-0.4, -0.2) is 39.1 Å². The largest absolute Gasteiger partial charge is 0.481 e. The Morgan fingerprint density at radius 3 is 1.28 bits per heavy atom. The Labute approximate surface area is 245 Å². The van der Waals surface area contributed by atoms with Crippen molar-refractivity contribution in [3.8, 4) is 68.4 Å². The molecule has 6 aromatic rings. The van der Waals surface area contributed by atoms with Crippen molar-refractivity contribution in [2.45, 2.75) is 5.92 Å². The third kappa shape index (κ3) is 4.64. The fraction of sp³-hybridized carbons (Fsp3) is 0.0882. The molecule has 7 rings (SSSR count). The summed E-state index contributed by atoms with van der Waals surface area (Å²) in [5, 5.41) is 0. The topological polar surface area (TPSA) is 82.9 Å². The average Bonchev–Trinajstić information content (AvgIpc) is 3.30. The van der Waals surface area contributed by atoms with Crippen LogP contribution < -0.4 is 9.47 Å². The molecule has 0 spiro atoms. The van der Waals surface area contributed by atoms with Crippen molar-refractivity contribution < 1.29 is 18.3 Å². The van der Waals surface area contributed by atoms with Crippen LogP contribution in [0, 0.1) is 0 Å². The zero-order chi connectivity index (χ0) is 29.6. The Balaban J connectivity index is 1.38. The second kappa shape index (κ2) is 10.4. The minimum atomic E-state index is -3.18. The molecule has 0 saturated carbocycles. The standard InChI is InChI=1S/C34H23F2N5O2/c1-42-28-19-29(43-2)38-32(37-28)22-13-15-26-24(17-22)25-18-23(14-16-27(25)34(26,35)36)33-40-30(20-9-5-3-6-10-20)39-31(41-33)21-11-7-4-8-12-21/h3-19H,1-2H3. The maximum atomic E-state index is 15.7. The Kier molecular flexibility index (Phi) is 6.35. The van der Waals surface area contributed by atoms with Crippen molar-refractivity contribution in [1.82, 2.24) is 24.9 Å². The van der Waals surface area contributed by atoms with E-state index in [2.05, 4.69) is 9.97 Å². The maximum absolute atomic E-state index is 15.7. The Bertz CT molecular complexity index is 1910. The van der Waals surface area contributed by atoms with Gasteiger partial charge >= 0.3 is 0 Å². The quantitative estimate of drug-likeness (QED) is 0.205. The highest BCUT2D eigenvalue weighted by atomic mass is 19.3. The van der Waals surface area contributed by atoms with Gasteiger partial charge in [0.2, 0.25) is 11.8 Å². The van der Waals surface area contributed by atoms with Crippen LogP contribution in [0.1, 0.15) is 11.1 Å². The summed E-state index contributed by atoms with van der Waals surface area (Å²) >= 11 is 0. The lowest BCUT2D eigenvalue weighted by atomic mass is 10.0. The first-order valence-corrected chi connectivity index (χ1v) is 13.5. The van der Waals surface area contributed by atoms with Gasteiger partial charge in [0.25, 0.3) is 5.92 Å². The number of methoxy groups -OCH3 is 2. The van der Waals surface area contributed by atoms with E-state index in [1.54, 1.807) is 30.3 Å². The molecule has 0 radical (unpaired) electrons. The number of fused-ring (bicyclic) bond motifs is 3. The van der Waals surface area contributed by atoms with Gasteiger partial charge in [-0.05, 0) is 23.3 Å². The molecule has 0 aliphatic heterocycles. The van der Waals surface area contributed by atoms with Crippen molar-refractivity contribution in [2.75, 3.05) is 14.2 Å². The number of hydrogen-bond donors (Lipinski definition) is 0. The van der Waals surface area contributed by atoms with Gasteiger partial charge in [0.15, 0.2) is 23.3 Å². The minimum absolute atomic E-state index is 0.0897. The molecule has 0 saturated heterocycles. The number of benzene rings is 4. The van der Waals surface area contributed by atoms with Crippen LogP contribution in [-0.2, 0) is 5.92 Å². The molecule has 2 heterocycles. The number of alkyl halides is 2. The Morgan fingerprint density at radius 2 is 0.860 bits per heavy atom. The van der Waals surface area contributed by atoms with Crippen LogP contribution in [0.2, 0.25) is 0 Å². The fourth-order valence-electron chi connectivity index (χ4n) is 5.18. The van der Waals surface area contributed by atoms with E-state index >= 15 is 8.78 Å². The number of hydrogen-bond acceptors (Lipinski definition) is 7. The Morgan fingerprint density at radius 1 is 0.465 bits per heavy atom. The summed E-state index contributed by atoms with van der Waals surface area (Å²) in [5.41, 5.74) is 3.35. The molecule has 0 amide bonds. The average molecular weight is 572 g/mol. The molecular formula is C34H23F2N5O2. The van der Waals surface area contributed by atoms with Gasteiger partial charge in [-0.25, -0.2) is 15.0 Å².